The highest BCUT2D eigenvalue weighted by Crippen LogP contribution is 2.37. The lowest BCUT2D eigenvalue weighted by molar-refractivity contribution is -0.119. The number of hydrogen-bond donors (Lipinski definition) is 1. The molecule has 14 heavy (non-hydrogen) atoms. The molecule has 0 aromatic rings. The molecule has 1 heterocycles. The first-order chi connectivity index (χ1) is 6.86. The minimum absolute atomic E-state index is 0.0943. The summed E-state index contributed by atoms with van der Waals surface area (Å²) in [7, 11) is 0. The third-order valence-electron chi connectivity index (χ3n) is 3.09. The molecule has 0 aromatic carbocycles. The van der Waals surface area contributed by atoms with Gasteiger partial charge in [0.2, 0.25) is 5.91 Å². The summed E-state index contributed by atoms with van der Waals surface area (Å²) < 4.78 is 0. The third kappa shape index (κ3) is 0.939. The van der Waals surface area contributed by atoms with Crippen LogP contribution < -0.4 is 5.32 Å². The topological polar surface area (TPSA) is 29.1 Å². The third-order valence-corrected chi connectivity index (χ3v) is 3.09. The van der Waals surface area contributed by atoms with E-state index in [0.29, 0.717) is 11.8 Å². The van der Waals surface area contributed by atoms with E-state index in [9.17, 15) is 4.79 Å². The van der Waals surface area contributed by atoms with Crippen LogP contribution in [0, 0.1) is 11.8 Å². The van der Waals surface area contributed by atoms with Crippen LogP contribution in [0.4, 0.5) is 0 Å². The van der Waals surface area contributed by atoms with Crippen molar-refractivity contribution < 1.29 is 4.79 Å². The average Bonchev–Trinajstić information content (AvgIpc) is 2.24. The lowest BCUT2D eigenvalue weighted by atomic mass is 9.73. The SMILES string of the molecule is O=C1NCC2C=CC=C3C=CC=C1C32. The highest BCUT2D eigenvalue weighted by Gasteiger charge is 2.35. The van der Waals surface area contributed by atoms with E-state index >= 15 is 0 Å². The average molecular weight is 185 g/mol. The van der Waals surface area contributed by atoms with Crippen molar-refractivity contribution in [2.75, 3.05) is 6.54 Å². The highest BCUT2D eigenvalue weighted by atomic mass is 16.1. The fourth-order valence-corrected chi connectivity index (χ4v) is 2.42. The second-order valence-corrected chi connectivity index (χ2v) is 3.88. The van der Waals surface area contributed by atoms with E-state index in [1.165, 1.54) is 5.57 Å². The molecular formula is C12H11NO. The van der Waals surface area contributed by atoms with Crippen molar-refractivity contribution in [1.82, 2.24) is 5.32 Å². The molecule has 1 N–H and O–H groups in total. The van der Waals surface area contributed by atoms with Crippen LogP contribution in [-0.4, -0.2) is 12.5 Å². The van der Waals surface area contributed by atoms with Crippen LogP contribution in [0.2, 0.25) is 0 Å². The van der Waals surface area contributed by atoms with Crippen LogP contribution in [0.1, 0.15) is 0 Å². The minimum Gasteiger partial charge on any atom is -0.352 e. The summed E-state index contributed by atoms with van der Waals surface area (Å²) in [5.74, 6) is 0.847. The van der Waals surface area contributed by atoms with Gasteiger partial charge in [-0.05, 0) is 5.57 Å². The summed E-state index contributed by atoms with van der Waals surface area (Å²) in [6, 6.07) is 0. The molecule has 3 aliphatic rings. The van der Waals surface area contributed by atoms with Gasteiger partial charge in [0.1, 0.15) is 0 Å². The van der Waals surface area contributed by atoms with Crippen molar-refractivity contribution in [2.24, 2.45) is 11.8 Å². The molecule has 70 valence electrons. The number of rotatable bonds is 0. The number of amides is 1. The standard InChI is InChI=1S/C12H11NO/c14-12-10-6-2-4-8-3-1-5-9(7-13-12)11(8)10/h1-6,9,11H,7H2,(H,13,14). The quantitative estimate of drug-likeness (QED) is 0.606. The molecule has 2 aliphatic carbocycles. The molecule has 2 nitrogen and oxygen atoms in total. The maximum absolute atomic E-state index is 11.6. The monoisotopic (exact) mass is 185 g/mol. The van der Waals surface area contributed by atoms with Crippen LogP contribution >= 0.6 is 0 Å². The Labute approximate surface area is 82.7 Å². The Morgan fingerprint density at radius 3 is 3.14 bits per heavy atom. The van der Waals surface area contributed by atoms with Crippen molar-refractivity contribution in [2.45, 2.75) is 0 Å². The molecule has 0 bridgehead atoms. The molecule has 1 fully saturated rings. The van der Waals surface area contributed by atoms with Crippen molar-refractivity contribution in [3.8, 4) is 0 Å². The van der Waals surface area contributed by atoms with E-state index in [1.807, 2.05) is 12.2 Å². The van der Waals surface area contributed by atoms with Gasteiger partial charge in [-0.3, -0.25) is 4.79 Å². The summed E-state index contributed by atoms with van der Waals surface area (Å²) >= 11 is 0. The van der Waals surface area contributed by atoms with Crippen LogP contribution in [0.15, 0.2) is 47.6 Å². The van der Waals surface area contributed by atoms with Crippen LogP contribution in [0.5, 0.6) is 0 Å². The van der Waals surface area contributed by atoms with E-state index < -0.39 is 0 Å². The highest BCUT2D eigenvalue weighted by molar-refractivity contribution is 5.96. The zero-order valence-electron chi connectivity index (χ0n) is 7.73. The Kier molecular flexibility index (Phi) is 1.51. The predicted molar refractivity (Wildman–Crippen MR) is 54.4 cm³/mol. The van der Waals surface area contributed by atoms with Gasteiger partial charge in [0.15, 0.2) is 0 Å². The van der Waals surface area contributed by atoms with Crippen LogP contribution in [-0.2, 0) is 4.79 Å². The maximum Gasteiger partial charge on any atom is 0.247 e. The molecule has 2 heteroatoms. The summed E-state index contributed by atoms with van der Waals surface area (Å²) in [5.41, 5.74) is 2.18. The Morgan fingerprint density at radius 2 is 2.21 bits per heavy atom. The normalized spacial score (nSPS) is 33.0. The van der Waals surface area contributed by atoms with E-state index in [4.69, 9.17) is 0 Å². The Bertz CT molecular complexity index is 412. The Morgan fingerprint density at radius 1 is 1.29 bits per heavy atom. The first kappa shape index (κ1) is 7.80. The van der Waals surface area contributed by atoms with Gasteiger partial charge in [0.05, 0.1) is 0 Å². The van der Waals surface area contributed by atoms with Gasteiger partial charge in [-0.2, -0.15) is 0 Å². The summed E-state index contributed by atoms with van der Waals surface area (Å²) in [4.78, 5) is 11.6. The fraction of sp³-hybridized carbons (Fsp3) is 0.250. The number of nitrogens with one attached hydrogen (secondary N) is 1. The first-order valence-electron chi connectivity index (χ1n) is 4.91. The lowest BCUT2D eigenvalue weighted by Crippen LogP contribution is -2.43. The molecule has 0 aromatic heterocycles. The number of piperidine rings is 1. The maximum atomic E-state index is 11.6. The van der Waals surface area contributed by atoms with Crippen molar-refractivity contribution in [3.05, 3.63) is 47.6 Å². The molecule has 3 rings (SSSR count). The smallest absolute Gasteiger partial charge is 0.247 e. The zero-order chi connectivity index (χ0) is 9.54. The number of carbonyl (C=O) groups is 1. The van der Waals surface area contributed by atoms with Crippen molar-refractivity contribution in [3.63, 3.8) is 0 Å². The number of hydrogen-bond acceptors (Lipinski definition) is 1. The molecule has 1 aliphatic heterocycles. The van der Waals surface area contributed by atoms with E-state index in [1.54, 1.807) is 0 Å². The van der Waals surface area contributed by atoms with Gasteiger partial charge >= 0.3 is 0 Å². The van der Waals surface area contributed by atoms with Gasteiger partial charge in [0.25, 0.3) is 0 Å². The van der Waals surface area contributed by atoms with Gasteiger partial charge in [0, 0.05) is 24.0 Å². The van der Waals surface area contributed by atoms with Gasteiger partial charge in [-0.25, -0.2) is 0 Å². The van der Waals surface area contributed by atoms with Crippen LogP contribution in [0.25, 0.3) is 0 Å². The molecule has 1 amide bonds. The molecular weight excluding hydrogens is 174 g/mol. The lowest BCUT2D eigenvalue weighted by Gasteiger charge is -2.35. The summed E-state index contributed by atoms with van der Waals surface area (Å²) in [6.07, 6.45) is 12.4. The van der Waals surface area contributed by atoms with Gasteiger partial charge < -0.3 is 5.32 Å². The van der Waals surface area contributed by atoms with E-state index in [0.717, 1.165) is 12.1 Å². The molecule has 2 atom stereocenters. The number of allylic oxidation sites excluding steroid dienone is 6. The fourth-order valence-electron chi connectivity index (χ4n) is 2.42. The second kappa shape index (κ2) is 2.71. The van der Waals surface area contributed by atoms with E-state index in [2.05, 4.69) is 29.6 Å². The minimum atomic E-state index is 0.0943. The van der Waals surface area contributed by atoms with Crippen LogP contribution in [0.3, 0.4) is 0 Å². The largest absolute Gasteiger partial charge is 0.352 e. The molecule has 2 unspecified atom stereocenters. The summed E-state index contributed by atoms with van der Waals surface area (Å²) in [6.45, 7) is 0.766. The summed E-state index contributed by atoms with van der Waals surface area (Å²) in [5, 5.41) is 2.92. The second-order valence-electron chi connectivity index (χ2n) is 3.88. The Balaban J connectivity index is 2.12. The molecule has 0 spiro atoms. The number of carbonyl (C=O) groups excluding carboxylic acids is 1. The Hall–Kier alpha value is -1.57. The predicted octanol–water partition coefficient (Wildman–Crippen LogP) is 1.34. The molecule has 1 saturated heterocycles. The first-order valence-corrected chi connectivity index (χ1v) is 4.91. The zero-order valence-corrected chi connectivity index (χ0v) is 7.73. The van der Waals surface area contributed by atoms with Crippen molar-refractivity contribution in [1.29, 1.82) is 0 Å². The van der Waals surface area contributed by atoms with Gasteiger partial charge in [-0.15, -0.1) is 0 Å². The molecule has 0 saturated carbocycles. The van der Waals surface area contributed by atoms with Crippen molar-refractivity contribution >= 4 is 5.91 Å². The molecule has 0 radical (unpaired) electrons. The van der Waals surface area contributed by atoms with E-state index in [-0.39, 0.29) is 5.91 Å². The van der Waals surface area contributed by atoms with Gasteiger partial charge in [-0.1, -0.05) is 36.5 Å².